The lowest BCUT2D eigenvalue weighted by atomic mass is 10.1. The van der Waals surface area contributed by atoms with Gasteiger partial charge in [0.05, 0.1) is 31.9 Å². The lowest BCUT2D eigenvalue weighted by molar-refractivity contribution is -0.384. The van der Waals surface area contributed by atoms with Crippen LogP contribution < -0.4 is 25.6 Å². The van der Waals surface area contributed by atoms with Gasteiger partial charge in [0.1, 0.15) is 0 Å². The second-order valence-electron chi connectivity index (χ2n) is 5.86. The SMILES string of the molecule is COc1cc(C(=O)n2[nH]c(=O)n(-c3ccc([N+](=O)[O-])cc3)c2=O)cc(OC)c1OC. The van der Waals surface area contributed by atoms with Gasteiger partial charge < -0.3 is 14.2 Å². The molecule has 156 valence electrons. The number of hydrogen-bond donors (Lipinski definition) is 1. The van der Waals surface area contributed by atoms with Gasteiger partial charge in [-0.25, -0.2) is 19.3 Å². The third kappa shape index (κ3) is 3.41. The van der Waals surface area contributed by atoms with Crippen LogP contribution in [0.25, 0.3) is 5.69 Å². The highest BCUT2D eigenvalue weighted by Crippen LogP contribution is 2.38. The first kappa shape index (κ1) is 20.4. The summed E-state index contributed by atoms with van der Waals surface area (Å²) in [4.78, 5) is 48.0. The van der Waals surface area contributed by atoms with Gasteiger partial charge in [-0.3, -0.25) is 14.9 Å². The lowest BCUT2D eigenvalue weighted by Gasteiger charge is -2.13. The molecule has 0 saturated carbocycles. The molecule has 0 radical (unpaired) electrons. The minimum absolute atomic E-state index is 0.0105. The smallest absolute Gasteiger partial charge is 0.359 e. The van der Waals surface area contributed by atoms with Crippen LogP contribution in [0.5, 0.6) is 17.2 Å². The maximum Gasteiger partial charge on any atom is 0.359 e. The Morgan fingerprint density at radius 1 is 1.00 bits per heavy atom. The highest BCUT2D eigenvalue weighted by atomic mass is 16.6. The molecule has 1 N–H and O–H groups in total. The number of carbonyl (C=O) groups is 1. The van der Waals surface area contributed by atoms with Crippen LogP contribution in [0.4, 0.5) is 5.69 Å². The van der Waals surface area contributed by atoms with Crippen LogP contribution in [-0.2, 0) is 0 Å². The van der Waals surface area contributed by atoms with E-state index in [2.05, 4.69) is 5.10 Å². The summed E-state index contributed by atoms with van der Waals surface area (Å²) in [6.07, 6.45) is 0. The molecule has 3 aromatic rings. The van der Waals surface area contributed by atoms with E-state index in [4.69, 9.17) is 14.2 Å². The summed E-state index contributed by atoms with van der Waals surface area (Å²) in [5.41, 5.74) is -2.04. The normalized spacial score (nSPS) is 10.5. The van der Waals surface area contributed by atoms with E-state index in [1.54, 1.807) is 0 Å². The Balaban J connectivity index is 2.09. The van der Waals surface area contributed by atoms with Gasteiger partial charge in [0.15, 0.2) is 11.5 Å². The summed E-state index contributed by atoms with van der Waals surface area (Å²) in [5.74, 6) is -0.228. The van der Waals surface area contributed by atoms with Crippen molar-refractivity contribution < 1.29 is 23.9 Å². The van der Waals surface area contributed by atoms with E-state index in [1.807, 2.05) is 0 Å². The molecule has 0 atom stereocenters. The minimum atomic E-state index is -0.979. The molecule has 12 nitrogen and oxygen atoms in total. The van der Waals surface area contributed by atoms with Crippen molar-refractivity contribution in [3.8, 4) is 22.9 Å². The number of nitrogens with zero attached hydrogens (tertiary/aromatic N) is 3. The zero-order valence-corrected chi connectivity index (χ0v) is 16.1. The Bertz CT molecular complexity index is 1210. The fraction of sp³-hybridized carbons (Fsp3) is 0.167. The summed E-state index contributed by atoms with van der Waals surface area (Å²) in [6.45, 7) is 0. The van der Waals surface area contributed by atoms with E-state index in [9.17, 15) is 24.5 Å². The molecule has 0 amide bonds. The monoisotopic (exact) mass is 416 g/mol. The fourth-order valence-corrected chi connectivity index (χ4v) is 2.80. The van der Waals surface area contributed by atoms with Crippen molar-refractivity contribution in [2.24, 2.45) is 0 Å². The molecule has 0 bridgehead atoms. The van der Waals surface area contributed by atoms with Gasteiger partial charge >= 0.3 is 11.4 Å². The molecule has 1 heterocycles. The Hall–Kier alpha value is -4.35. The standard InChI is InChI=1S/C18H16N4O8/c1-28-13-8-10(9-14(29-2)15(13)30-3)16(23)21-18(25)20(17(24)19-21)11-4-6-12(7-5-11)22(26)27/h4-9H,1-3H3,(H,19,24). The number of nitrogens with one attached hydrogen (secondary N) is 1. The van der Waals surface area contributed by atoms with Crippen LogP contribution in [0.3, 0.4) is 0 Å². The van der Waals surface area contributed by atoms with Crippen LogP contribution in [0.15, 0.2) is 46.0 Å². The van der Waals surface area contributed by atoms with Crippen molar-refractivity contribution >= 4 is 11.6 Å². The number of H-pyrrole nitrogens is 1. The van der Waals surface area contributed by atoms with E-state index in [0.29, 0.717) is 9.25 Å². The molecule has 0 spiro atoms. The second kappa shape index (κ2) is 7.95. The van der Waals surface area contributed by atoms with E-state index in [1.165, 1.54) is 45.6 Å². The van der Waals surface area contributed by atoms with Gasteiger partial charge in [0.2, 0.25) is 5.75 Å². The van der Waals surface area contributed by atoms with Crippen LogP contribution in [0.1, 0.15) is 10.4 Å². The van der Waals surface area contributed by atoms with Gasteiger partial charge in [0, 0.05) is 17.7 Å². The Morgan fingerprint density at radius 2 is 1.57 bits per heavy atom. The second-order valence-corrected chi connectivity index (χ2v) is 5.86. The largest absolute Gasteiger partial charge is 0.493 e. The van der Waals surface area contributed by atoms with Crippen LogP contribution in [0.2, 0.25) is 0 Å². The van der Waals surface area contributed by atoms with Crippen molar-refractivity contribution in [2.45, 2.75) is 0 Å². The molecule has 0 saturated heterocycles. The average molecular weight is 416 g/mol. The van der Waals surface area contributed by atoms with Crippen LogP contribution in [0, 0.1) is 10.1 Å². The number of nitro groups is 1. The predicted molar refractivity (Wildman–Crippen MR) is 103 cm³/mol. The summed E-state index contributed by atoms with van der Waals surface area (Å²) in [5, 5.41) is 12.9. The van der Waals surface area contributed by atoms with E-state index in [-0.39, 0.29) is 34.2 Å². The predicted octanol–water partition coefficient (Wildman–Crippen LogP) is 0.950. The average Bonchev–Trinajstić information content (AvgIpc) is 3.05. The Kier molecular flexibility index (Phi) is 5.40. The van der Waals surface area contributed by atoms with Gasteiger partial charge in [0.25, 0.3) is 11.6 Å². The van der Waals surface area contributed by atoms with Crippen LogP contribution >= 0.6 is 0 Å². The van der Waals surface area contributed by atoms with Crippen molar-refractivity contribution in [2.75, 3.05) is 21.3 Å². The number of nitro benzene ring substituents is 1. The molecule has 30 heavy (non-hydrogen) atoms. The molecule has 3 rings (SSSR count). The number of ether oxygens (including phenoxy) is 3. The molecule has 0 fully saturated rings. The van der Waals surface area contributed by atoms with E-state index < -0.39 is 22.2 Å². The maximum atomic E-state index is 12.9. The number of non-ortho nitro benzene ring substituents is 1. The molecular weight excluding hydrogens is 400 g/mol. The van der Waals surface area contributed by atoms with Gasteiger partial charge in [-0.15, -0.1) is 0 Å². The summed E-state index contributed by atoms with van der Waals surface area (Å²) >= 11 is 0. The fourth-order valence-electron chi connectivity index (χ4n) is 2.80. The number of hydrogen-bond acceptors (Lipinski definition) is 8. The summed E-state index contributed by atoms with van der Waals surface area (Å²) in [7, 11) is 4.13. The minimum Gasteiger partial charge on any atom is -0.493 e. The molecule has 0 unspecified atom stereocenters. The van der Waals surface area contributed by atoms with Crippen molar-refractivity contribution in [1.29, 1.82) is 0 Å². The summed E-state index contributed by atoms with van der Waals surface area (Å²) in [6, 6.07) is 7.39. The topological polar surface area (TPSA) is 148 Å². The van der Waals surface area contributed by atoms with Gasteiger partial charge in [-0.2, -0.15) is 4.68 Å². The number of methoxy groups -OCH3 is 3. The quantitative estimate of drug-likeness (QED) is 0.461. The summed E-state index contributed by atoms with van der Waals surface area (Å²) < 4.78 is 16.8. The first-order valence-electron chi connectivity index (χ1n) is 8.36. The number of aromatic amines is 1. The zero-order valence-electron chi connectivity index (χ0n) is 16.1. The van der Waals surface area contributed by atoms with Crippen molar-refractivity contribution in [3.05, 3.63) is 73.0 Å². The number of rotatable bonds is 6. The molecule has 1 aromatic heterocycles. The molecule has 12 heteroatoms. The van der Waals surface area contributed by atoms with Gasteiger partial charge in [-0.1, -0.05) is 0 Å². The maximum absolute atomic E-state index is 12.9. The molecule has 0 aliphatic rings. The van der Waals surface area contributed by atoms with E-state index in [0.717, 1.165) is 12.1 Å². The van der Waals surface area contributed by atoms with Crippen molar-refractivity contribution in [1.82, 2.24) is 14.3 Å². The first-order valence-corrected chi connectivity index (χ1v) is 8.36. The lowest BCUT2D eigenvalue weighted by Crippen LogP contribution is -2.30. The number of benzene rings is 2. The highest BCUT2D eigenvalue weighted by molar-refractivity contribution is 5.96. The third-order valence-electron chi connectivity index (χ3n) is 4.23. The third-order valence-corrected chi connectivity index (χ3v) is 4.23. The Labute approximate surface area is 168 Å². The molecule has 0 aliphatic carbocycles. The Morgan fingerprint density at radius 3 is 2.03 bits per heavy atom. The number of aromatic nitrogens is 3. The van der Waals surface area contributed by atoms with Crippen molar-refractivity contribution in [3.63, 3.8) is 0 Å². The highest BCUT2D eigenvalue weighted by Gasteiger charge is 2.22. The van der Waals surface area contributed by atoms with E-state index >= 15 is 0 Å². The molecular formula is C18H16N4O8. The van der Waals surface area contributed by atoms with Crippen LogP contribution in [-0.4, -0.2) is 46.5 Å². The zero-order chi connectivity index (χ0) is 22.0. The first-order chi connectivity index (χ1) is 14.3. The molecule has 2 aromatic carbocycles. The van der Waals surface area contributed by atoms with Gasteiger partial charge in [-0.05, 0) is 24.3 Å². The molecule has 0 aliphatic heterocycles. The number of carbonyl (C=O) groups excluding carboxylic acids is 1.